The van der Waals surface area contributed by atoms with Crippen molar-refractivity contribution in [2.45, 2.75) is 25.5 Å². The first kappa shape index (κ1) is 17.0. The molecule has 112 valence electrons. The van der Waals surface area contributed by atoms with Crippen LogP contribution in [0.15, 0.2) is 24.3 Å². The smallest absolute Gasteiger partial charge is 0.220 e. The van der Waals surface area contributed by atoms with E-state index in [2.05, 4.69) is 6.07 Å². The van der Waals surface area contributed by atoms with E-state index in [1.807, 2.05) is 31.6 Å². The highest BCUT2D eigenvalue weighted by molar-refractivity contribution is 8.31. The quantitative estimate of drug-likeness (QED) is 0.775. The second-order valence-corrected chi connectivity index (χ2v) is 10.3. The number of nitriles is 1. The van der Waals surface area contributed by atoms with Crippen molar-refractivity contribution in [1.29, 1.82) is 5.26 Å². The molecular formula is C14H21NO3S2. The molecule has 0 amide bonds. The molecule has 0 saturated heterocycles. The van der Waals surface area contributed by atoms with Gasteiger partial charge in [0.05, 0.1) is 17.4 Å². The fourth-order valence-corrected chi connectivity index (χ4v) is 6.08. The molecule has 0 heterocycles. The first-order valence-corrected chi connectivity index (χ1v) is 10.5. The molecule has 0 spiro atoms. The Morgan fingerprint density at radius 1 is 1.20 bits per heavy atom. The third kappa shape index (κ3) is 5.95. The number of rotatable bonds is 7. The molecule has 6 heteroatoms. The molecule has 0 radical (unpaired) electrons. The molecular weight excluding hydrogens is 294 g/mol. The second kappa shape index (κ2) is 7.11. The van der Waals surface area contributed by atoms with Crippen molar-refractivity contribution in [3.05, 3.63) is 35.4 Å². The summed E-state index contributed by atoms with van der Waals surface area (Å²) in [5.41, 5.74) is 1.58. The standard InChI is InChI=1S/C14H21NO3S2/c1-4-5-10-20(16,17)18-19(2,3)12-14-8-6-13(11-15)7-9-14/h6-9H,4-5,10,12H2,1-3H3. The van der Waals surface area contributed by atoms with E-state index in [0.717, 1.165) is 12.0 Å². The molecule has 0 aliphatic heterocycles. The normalized spacial score (nSPS) is 12.9. The lowest BCUT2D eigenvalue weighted by Gasteiger charge is -2.29. The van der Waals surface area contributed by atoms with Crippen LogP contribution in [0.1, 0.15) is 30.9 Å². The Morgan fingerprint density at radius 2 is 1.80 bits per heavy atom. The number of benzene rings is 1. The summed E-state index contributed by atoms with van der Waals surface area (Å²) in [7, 11) is -5.16. The molecule has 1 aromatic carbocycles. The minimum atomic E-state index is -3.45. The van der Waals surface area contributed by atoms with Crippen LogP contribution in [0.2, 0.25) is 0 Å². The Kier molecular flexibility index (Phi) is 6.06. The van der Waals surface area contributed by atoms with Crippen molar-refractivity contribution < 1.29 is 12.0 Å². The zero-order chi connectivity index (χ0) is 15.2. The first-order chi connectivity index (χ1) is 9.28. The molecule has 4 nitrogen and oxygen atoms in total. The maximum Gasteiger partial charge on any atom is 0.276 e. The van der Waals surface area contributed by atoms with Crippen LogP contribution in [-0.4, -0.2) is 26.7 Å². The van der Waals surface area contributed by atoms with E-state index in [0.29, 0.717) is 17.7 Å². The van der Waals surface area contributed by atoms with E-state index >= 15 is 0 Å². The topological polar surface area (TPSA) is 67.2 Å². The summed E-state index contributed by atoms with van der Waals surface area (Å²) in [4.78, 5) is 0. The molecule has 0 fully saturated rings. The maximum atomic E-state index is 11.9. The summed E-state index contributed by atoms with van der Waals surface area (Å²) in [5, 5.41) is 8.75. The summed E-state index contributed by atoms with van der Waals surface area (Å²) in [6, 6.07) is 9.21. The monoisotopic (exact) mass is 315 g/mol. The van der Waals surface area contributed by atoms with Gasteiger partial charge in [-0.2, -0.15) is 13.7 Å². The van der Waals surface area contributed by atoms with Crippen LogP contribution in [-0.2, 0) is 19.5 Å². The molecule has 0 aliphatic carbocycles. The van der Waals surface area contributed by atoms with E-state index in [-0.39, 0.29) is 5.75 Å². The number of hydrogen-bond acceptors (Lipinski definition) is 4. The van der Waals surface area contributed by atoms with E-state index in [1.54, 1.807) is 12.1 Å². The van der Waals surface area contributed by atoms with Crippen molar-refractivity contribution in [2.24, 2.45) is 0 Å². The van der Waals surface area contributed by atoms with Crippen molar-refractivity contribution in [2.75, 3.05) is 18.3 Å². The van der Waals surface area contributed by atoms with Gasteiger partial charge in [-0.05, 0) is 36.6 Å². The Balaban J connectivity index is 2.71. The molecule has 0 N–H and O–H groups in total. The first-order valence-electron chi connectivity index (χ1n) is 6.42. The molecule has 0 atom stereocenters. The van der Waals surface area contributed by atoms with Crippen molar-refractivity contribution >= 4 is 20.4 Å². The Bertz CT molecular complexity index is 571. The largest absolute Gasteiger partial charge is 0.276 e. The maximum absolute atomic E-state index is 11.9. The highest BCUT2D eigenvalue weighted by atomic mass is 32.3. The van der Waals surface area contributed by atoms with E-state index < -0.39 is 20.4 Å². The molecule has 0 aliphatic rings. The van der Waals surface area contributed by atoms with Gasteiger partial charge in [0, 0.05) is 5.75 Å². The molecule has 20 heavy (non-hydrogen) atoms. The highest BCUT2D eigenvalue weighted by Gasteiger charge is 2.22. The fraction of sp³-hybridized carbons (Fsp3) is 0.500. The van der Waals surface area contributed by atoms with Crippen LogP contribution < -0.4 is 0 Å². The minimum Gasteiger partial charge on any atom is -0.220 e. The highest BCUT2D eigenvalue weighted by Crippen LogP contribution is 2.46. The second-order valence-electron chi connectivity index (χ2n) is 5.07. The van der Waals surface area contributed by atoms with Crippen molar-refractivity contribution in [3.63, 3.8) is 0 Å². The molecule has 1 rings (SSSR count). The van der Waals surface area contributed by atoms with Crippen LogP contribution in [0.3, 0.4) is 0 Å². The predicted molar refractivity (Wildman–Crippen MR) is 84.1 cm³/mol. The van der Waals surface area contributed by atoms with Crippen molar-refractivity contribution in [3.8, 4) is 6.07 Å². The predicted octanol–water partition coefficient (Wildman–Crippen LogP) is 3.18. The third-order valence-electron chi connectivity index (χ3n) is 2.63. The van der Waals surface area contributed by atoms with Gasteiger partial charge in [-0.25, -0.2) is 3.63 Å². The van der Waals surface area contributed by atoms with E-state index in [1.165, 1.54) is 0 Å². The third-order valence-corrected chi connectivity index (χ3v) is 6.75. The fourth-order valence-electron chi connectivity index (χ4n) is 1.74. The van der Waals surface area contributed by atoms with Gasteiger partial charge in [0.25, 0.3) is 10.1 Å². The van der Waals surface area contributed by atoms with Crippen molar-refractivity contribution in [1.82, 2.24) is 0 Å². The zero-order valence-electron chi connectivity index (χ0n) is 12.1. The summed E-state index contributed by atoms with van der Waals surface area (Å²) < 4.78 is 29.1. The number of hydrogen-bond donors (Lipinski definition) is 0. The van der Waals surface area contributed by atoms with Gasteiger partial charge in [-0.1, -0.05) is 25.5 Å². The van der Waals surface area contributed by atoms with E-state index in [4.69, 9.17) is 8.89 Å². The lowest BCUT2D eigenvalue weighted by Crippen LogP contribution is -2.15. The van der Waals surface area contributed by atoms with Gasteiger partial charge in [0.1, 0.15) is 0 Å². The lowest BCUT2D eigenvalue weighted by atomic mass is 10.2. The molecule has 0 bridgehead atoms. The Labute approximate surface area is 123 Å². The Morgan fingerprint density at radius 3 is 2.30 bits per heavy atom. The molecule has 0 aromatic heterocycles. The zero-order valence-corrected chi connectivity index (χ0v) is 13.8. The SMILES string of the molecule is CCCCS(=O)(=O)OS(C)(C)Cc1ccc(C#N)cc1. The molecule has 0 saturated carbocycles. The van der Waals surface area contributed by atoms with Crippen LogP contribution in [0.25, 0.3) is 0 Å². The number of unbranched alkanes of at least 4 members (excludes halogenated alkanes) is 1. The average Bonchev–Trinajstić information content (AvgIpc) is 2.35. The van der Waals surface area contributed by atoms with Gasteiger partial charge >= 0.3 is 0 Å². The average molecular weight is 315 g/mol. The van der Waals surface area contributed by atoms with Crippen LogP contribution in [0.4, 0.5) is 0 Å². The van der Waals surface area contributed by atoms with Gasteiger partial charge in [0.2, 0.25) is 0 Å². The van der Waals surface area contributed by atoms with Crippen LogP contribution >= 0.6 is 10.3 Å². The Hall–Kier alpha value is -1.03. The molecule has 0 unspecified atom stereocenters. The lowest BCUT2D eigenvalue weighted by molar-refractivity contribution is 0.508. The summed E-state index contributed by atoms with van der Waals surface area (Å²) in [6.45, 7) is 1.95. The summed E-state index contributed by atoms with van der Waals surface area (Å²) in [6.07, 6.45) is 5.13. The van der Waals surface area contributed by atoms with Crippen LogP contribution in [0.5, 0.6) is 0 Å². The van der Waals surface area contributed by atoms with E-state index in [9.17, 15) is 8.42 Å². The number of nitrogens with zero attached hydrogens (tertiary/aromatic N) is 1. The summed E-state index contributed by atoms with van der Waals surface area (Å²) >= 11 is 0. The minimum absolute atomic E-state index is 0.0767. The van der Waals surface area contributed by atoms with Gasteiger partial charge < -0.3 is 0 Å². The van der Waals surface area contributed by atoms with Crippen LogP contribution in [0, 0.1) is 11.3 Å². The molecule has 1 aromatic rings. The van der Waals surface area contributed by atoms with Gasteiger partial charge in [-0.15, -0.1) is 10.3 Å². The van der Waals surface area contributed by atoms with Gasteiger partial charge in [0.15, 0.2) is 0 Å². The van der Waals surface area contributed by atoms with Gasteiger partial charge in [-0.3, -0.25) is 0 Å². The summed E-state index contributed by atoms with van der Waals surface area (Å²) in [5.74, 6) is 0.636.